The second-order valence-electron chi connectivity index (χ2n) is 9.24. The quantitative estimate of drug-likeness (QED) is 0.642. The number of epoxide rings is 2. The molecule has 2 heterocycles. The van der Waals surface area contributed by atoms with Crippen LogP contribution in [0.15, 0.2) is 0 Å². The molecule has 0 radical (unpaired) electrons. The summed E-state index contributed by atoms with van der Waals surface area (Å²) in [6, 6.07) is 0. The minimum absolute atomic E-state index is 0.0233. The highest BCUT2D eigenvalue weighted by atomic mass is 16.6. The number of rotatable bonds is 0. The third kappa shape index (κ3) is 1.01. The third-order valence-electron chi connectivity index (χ3n) is 8.78. The summed E-state index contributed by atoms with van der Waals surface area (Å²) in [5.74, 6) is 3.26. The monoisotopic (exact) mass is 286 g/mol. The van der Waals surface area contributed by atoms with Crippen LogP contribution in [0.3, 0.4) is 0 Å². The molecule has 5 saturated carbocycles. The van der Waals surface area contributed by atoms with Crippen LogP contribution in [0.1, 0.15) is 44.9 Å². The summed E-state index contributed by atoms with van der Waals surface area (Å²) >= 11 is 0. The van der Waals surface area contributed by atoms with Crippen LogP contribution in [0.5, 0.6) is 0 Å². The van der Waals surface area contributed by atoms with Crippen LogP contribution in [-0.4, -0.2) is 30.2 Å². The maximum Gasteiger partial charge on any atom is 0.145 e. The first-order valence-corrected chi connectivity index (χ1v) is 9.09. The van der Waals surface area contributed by atoms with E-state index in [9.17, 15) is 4.79 Å². The molecule has 2 aliphatic heterocycles. The normalized spacial score (nSPS) is 71.5. The molecule has 3 nitrogen and oxygen atoms in total. The van der Waals surface area contributed by atoms with E-state index in [4.69, 9.17) is 9.47 Å². The van der Waals surface area contributed by atoms with Gasteiger partial charge in [-0.3, -0.25) is 4.79 Å². The molecule has 0 aromatic rings. The Morgan fingerprint density at radius 3 is 1.76 bits per heavy atom. The number of carbonyl (C=O) groups is 1. The van der Waals surface area contributed by atoms with Gasteiger partial charge >= 0.3 is 0 Å². The number of ketones is 1. The smallest absolute Gasteiger partial charge is 0.145 e. The number of ether oxygens (including phenoxy) is 2. The maximum atomic E-state index is 13.8. The van der Waals surface area contributed by atoms with E-state index < -0.39 is 0 Å². The predicted octanol–water partition coefficient (Wildman–Crippen LogP) is 2.33. The molecule has 0 aromatic heterocycles. The highest BCUT2D eigenvalue weighted by Gasteiger charge is 2.77. The number of hydrogen-bond acceptors (Lipinski definition) is 3. The second kappa shape index (κ2) is 2.99. The van der Waals surface area contributed by atoms with Gasteiger partial charge in [-0.05, 0) is 50.4 Å². The second-order valence-corrected chi connectivity index (χ2v) is 9.24. The molecular formula is C18H22O3. The molecular weight excluding hydrogens is 264 g/mol. The van der Waals surface area contributed by atoms with Crippen LogP contribution in [0.25, 0.3) is 0 Å². The fraction of sp³-hybridized carbons (Fsp3) is 0.944. The molecule has 10 atom stereocenters. The first kappa shape index (κ1) is 11.2. The number of Topliss-reactive ketones (excluding diaryl/α,β-unsaturated/α-hetero) is 1. The van der Waals surface area contributed by atoms with Crippen molar-refractivity contribution in [1.82, 2.24) is 0 Å². The van der Waals surface area contributed by atoms with Crippen LogP contribution in [-0.2, 0) is 14.3 Å². The summed E-state index contributed by atoms with van der Waals surface area (Å²) in [4.78, 5) is 13.8. The molecule has 0 N–H and O–H groups in total. The van der Waals surface area contributed by atoms with Crippen LogP contribution in [0.2, 0.25) is 0 Å². The van der Waals surface area contributed by atoms with Gasteiger partial charge in [-0.15, -0.1) is 0 Å². The topological polar surface area (TPSA) is 42.1 Å². The molecule has 5 aliphatic carbocycles. The molecule has 7 fully saturated rings. The molecule has 0 amide bonds. The zero-order valence-corrected chi connectivity index (χ0v) is 12.3. The van der Waals surface area contributed by atoms with Crippen molar-refractivity contribution in [2.75, 3.05) is 0 Å². The summed E-state index contributed by atoms with van der Waals surface area (Å²) in [7, 11) is 0. The Morgan fingerprint density at radius 2 is 1.33 bits per heavy atom. The van der Waals surface area contributed by atoms with E-state index in [1.165, 1.54) is 19.3 Å². The molecule has 7 aliphatic rings. The number of hydrogen-bond donors (Lipinski definition) is 0. The Morgan fingerprint density at radius 1 is 0.810 bits per heavy atom. The molecule has 21 heavy (non-hydrogen) atoms. The summed E-state index contributed by atoms with van der Waals surface area (Å²) in [6.07, 6.45) is 10.5. The van der Waals surface area contributed by atoms with E-state index in [-0.39, 0.29) is 10.8 Å². The summed E-state index contributed by atoms with van der Waals surface area (Å²) in [5, 5.41) is 0. The summed E-state index contributed by atoms with van der Waals surface area (Å²) < 4.78 is 11.8. The van der Waals surface area contributed by atoms with Crippen molar-refractivity contribution in [2.45, 2.75) is 69.4 Å². The van der Waals surface area contributed by atoms with Crippen LogP contribution >= 0.6 is 0 Å². The average molecular weight is 286 g/mol. The van der Waals surface area contributed by atoms with Crippen molar-refractivity contribution in [1.29, 1.82) is 0 Å². The van der Waals surface area contributed by atoms with Crippen LogP contribution in [0, 0.1) is 34.5 Å². The Kier molecular flexibility index (Phi) is 1.59. The summed E-state index contributed by atoms with van der Waals surface area (Å²) in [6.45, 7) is 0. The molecule has 3 heteroatoms. The molecule has 112 valence electrons. The van der Waals surface area contributed by atoms with Gasteiger partial charge in [0.2, 0.25) is 0 Å². The molecule has 2 spiro atoms. The Hall–Kier alpha value is -0.410. The van der Waals surface area contributed by atoms with Gasteiger partial charge in [0.15, 0.2) is 0 Å². The lowest BCUT2D eigenvalue weighted by Gasteiger charge is -2.49. The van der Waals surface area contributed by atoms with E-state index in [0.717, 1.165) is 25.7 Å². The average Bonchev–Trinajstić information content (AvgIpc) is 3.34. The number of carbonyl (C=O) groups excluding carboxylic acids is 1. The van der Waals surface area contributed by atoms with Crippen molar-refractivity contribution in [2.24, 2.45) is 34.5 Å². The van der Waals surface area contributed by atoms with Gasteiger partial charge in [-0.1, -0.05) is 6.42 Å². The zero-order chi connectivity index (χ0) is 13.6. The molecule has 4 bridgehead atoms. The van der Waals surface area contributed by atoms with Crippen molar-refractivity contribution in [3.05, 3.63) is 0 Å². The van der Waals surface area contributed by atoms with Gasteiger partial charge in [-0.2, -0.15) is 0 Å². The summed E-state index contributed by atoms with van der Waals surface area (Å²) in [5.41, 5.74) is 0.0465. The van der Waals surface area contributed by atoms with Gasteiger partial charge in [0, 0.05) is 22.7 Å². The lowest BCUT2D eigenvalue weighted by atomic mass is 9.52. The SMILES string of the molecule is O=C1C2(CCCC13CC1CC3C3OC13)CC1CC2C2OC12. The van der Waals surface area contributed by atoms with E-state index in [0.29, 0.717) is 53.9 Å². The first-order valence-electron chi connectivity index (χ1n) is 9.09. The lowest BCUT2D eigenvalue weighted by Crippen LogP contribution is -2.54. The fourth-order valence-electron chi connectivity index (χ4n) is 8.12. The molecule has 7 rings (SSSR count). The van der Waals surface area contributed by atoms with Crippen molar-refractivity contribution in [3.63, 3.8) is 0 Å². The van der Waals surface area contributed by atoms with Gasteiger partial charge in [0.1, 0.15) is 5.78 Å². The predicted molar refractivity (Wildman–Crippen MR) is 73.5 cm³/mol. The van der Waals surface area contributed by atoms with Gasteiger partial charge in [0.25, 0.3) is 0 Å². The van der Waals surface area contributed by atoms with Crippen molar-refractivity contribution >= 4 is 5.78 Å². The highest BCUT2D eigenvalue weighted by Crippen LogP contribution is 2.74. The minimum atomic E-state index is 0.0233. The lowest BCUT2D eigenvalue weighted by molar-refractivity contribution is -0.151. The van der Waals surface area contributed by atoms with Crippen molar-refractivity contribution in [3.8, 4) is 0 Å². The van der Waals surface area contributed by atoms with Gasteiger partial charge in [0.05, 0.1) is 24.4 Å². The highest BCUT2D eigenvalue weighted by molar-refractivity contribution is 5.93. The van der Waals surface area contributed by atoms with Crippen LogP contribution < -0.4 is 0 Å². The van der Waals surface area contributed by atoms with Crippen molar-refractivity contribution < 1.29 is 14.3 Å². The molecule has 10 unspecified atom stereocenters. The standard InChI is InChI=1S/C18H22O3/c19-16-17(6-8-4-10(17)14-12(8)20-14)2-1-3-18(16)7-9-5-11(18)15-13(9)21-15/h8-15H,1-7H2. The fourth-order valence-corrected chi connectivity index (χ4v) is 8.12. The third-order valence-corrected chi connectivity index (χ3v) is 8.78. The minimum Gasteiger partial charge on any atom is -0.369 e. The first-order chi connectivity index (χ1) is 10.2. The van der Waals surface area contributed by atoms with E-state index in [1.807, 2.05) is 0 Å². The number of fused-ring (bicyclic) bond motifs is 12. The van der Waals surface area contributed by atoms with E-state index >= 15 is 0 Å². The van der Waals surface area contributed by atoms with Crippen LogP contribution in [0.4, 0.5) is 0 Å². The molecule has 2 saturated heterocycles. The maximum absolute atomic E-state index is 13.8. The Labute approximate surface area is 124 Å². The van der Waals surface area contributed by atoms with Gasteiger partial charge < -0.3 is 9.47 Å². The van der Waals surface area contributed by atoms with E-state index in [2.05, 4.69) is 0 Å². The van der Waals surface area contributed by atoms with E-state index in [1.54, 1.807) is 0 Å². The molecule has 0 aromatic carbocycles. The zero-order valence-electron chi connectivity index (χ0n) is 12.3. The largest absolute Gasteiger partial charge is 0.369 e. The van der Waals surface area contributed by atoms with Gasteiger partial charge in [-0.25, -0.2) is 0 Å². The Bertz CT molecular complexity index is 539. The Balaban J connectivity index is 1.33.